The van der Waals surface area contributed by atoms with Crippen molar-refractivity contribution in [3.8, 4) is 11.1 Å². The van der Waals surface area contributed by atoms with Gasteiger partial charge in [0.05, 0.1) is 0 Å². The van der Waals surface area contributed by atoms with Crippen molar-refractivity contribution in [2.24, 2.45) is 0 Å². The number of hydrogen-bond acceptors (Lipinski definition) is 3. The van der Waals surface area contributed by atoms with Crippen LogP contribution < -0.4 is 5.63 Å². The summed E-state index contributed by atoms with van der Waals surface area (Å²) in [5.41, 5.74) is 2.80. The lowest BCUT2D eigenvalue weighted by atomic mass is 10.1. The summed E-state index contributed by atoms with van der Waals surface area (Å²) in [5, 5.41) is 0.910. The van der Waals surface area contributed by atoms with Crippen molar-refractivity contribution in [3.63, 3.8) is 0 Å². The first-order chi connectivity index (χ1) is 15.5. The van der Waals surface area contributed by atoms with Crippen LogP contribution >= 0.6 is 12.6 Å². The summed E-state index contributed by atoms with van der Waals surface area (Å²) in [4.78, 5) is 11.6. The Kier molecular flexibility index (Phi) is 8.35. The molecule has 0 aliphatic carbocycles. The molecule has 0 N–H and O–H groups in total. The second kappa shape index (κ2) is 11.6. The molecule has 32 heavy (non-hydrogen) atoms. The van der Waals surface area contributed by atoms with Crippen LogP contribution in [0.3, 0.4) is 0 Å². The molecule has 0 amide bonds. The van der Waals surface area contributed by atoms with E-state index in [2.05, 4.69) is 61.2 Å². The monoisotopic (exact) mass is 446 g/mol. The molecule has 2 nitrogen and oxygen atoms in total. The molecule has 0 bridgehead atoms. The summed E-state index contributed by atoms with van der Waals surface area (Å²) in [5.74, 6) is -1.07. The van der Waals surface area contributed by atoms with E-state index in [1.807, 2.05) is 24.3 Å². The van der Waals surface area contributed by atoms with Crippen LogP contribution in [0.5, 0.6) is 0 Å². The topological polar surface area (TPSA) is 30.2 Å². The van der Waals surface area contributed by atoms with Crippen molar-refractivity contribution in [1.82, 2.24) is 0 Å². The first kappa shape index (κ1) is 23.0. The molecule has 4 aromatic carbocycles. The maximum Gasteiger partial charge on any atom is 0.336 e. The predicted molar refractivity (Wildman–Crippen MR) is 128 cm³/mol. The van der Waals surface area contributed by atoms with Gasteiger partial charge in [-0.2, -0.15) is 0 Å². The molecule has 0 unspecified atom stereocenters. The van der Waals surface area contributed by atoms with Gasteiger partial charge in [-0.15, -0.1) is 12.6 Å². The third-order valence-corrected chi connectivity index (χ3v) is 4.55. The number of hydrogen-bond donors (Lipinski definition) is 1. The minimum atomic E-state index is -0.537. The van der Waals surface area contributed by atoms with E-state index in [-0.39, 0.29) is 5.63 Å². The van der Waals surface area contributed by atoms with Gasteiger partial charge in [0.15, 0.2) is 0 Å². The second-order valence-electron chi connectivity index (χ2n) is 6.65. The Morgan fingerprint density at radius 1 is 0.594 bits per heavy atom. The lowest BCUT2D eigenvalue weighted by Crippen LogP contribution is -1.93. The summed E-state index contributed by atoms with van der Waals surface area (Å²) >= 11 is 4.13. The van der Waals surface area contributed by atoms with Gasteiger partial charge in [-0.05, 0) is 41.5 Å². The van der Waals surface area contributed by atoms with Gasteiger partial charge >= 0.3 is 5.63 Å². The molecule has 160 valence electrons. The Bertz CT molecular complexity index is 1270. The third-order valence-electron chi connectivity index (χ3n) is 4.27. The summed E-state index contributed by atoms with van der Waals surface area (Å²) < 4.78 is 28.8. The van der Waals surface area contributed by atoms with E-state index in [0.717, 1.165) is 16.3 Å². The summed E-state index contributed by atoms with van der Waals surface area (Å²) in [6.07, 6.45) is 0. The van der Waals surface area contributed by atoms with Crippen molar-refractivity contribution in [2.45, 2.75) is 4.90 Å². The predicted octanol–water partition coefficient (Wildman–Crippen LogP) is 7.40. The highest BCUT2D eigenvalue weighted by Crippen LogP contribution is 2.17. The molecule has 0 spiro atoms. The summed E-state index contributed by atoms with van der Waals surface area (Å²) in [6, 6.07) is 33.9. The summed E-state index contributed by atoms with van der Waals surface area (Å²) in [7, 11) is 0. The maximum atomic E-state index is 11.9. The maximum absolute atomic E-state index is 11.9. The molecular formula is C27H20F2O2S. The molecule has 0 saturated heterocycles. The Balaban J connectivity index is 0.000000139. The van der Waals surface area contributed by atoms with Gasteiger partial charge in [-0.3, -0.25) is 0 Å². The Hall–Kier alpha value is -3.70. The minimum Gasteiger partial charge on any atom is -0.423 e. The van der Waals surface area contributed by atoms with Crippen LogP contribution in [0.4, 0.5) is 8.78 Å². The van der Waals surface area contributed by atoms with E-state index >= 15 is 0 Å². The van der Waals surface area contributed by atoms with E-state index in [0.29, 0.717) is 5.58 Å². The fourth-order valence-electron chi connectivity index (χ4n) is 2.77. The number of halogens is 2. The van der Waals surface area contributed by atoms with E-state index < -0.39 is 11.6 Å². The van der Waals surface area contributed by atoms with Crippen LogP contribution in [0.2, 0.25) is 0 Å². The van der Waals surface area contributed by atoms with E-state index in [9.17, 15) is 13.6 Å². The molecule has 0 radical (unpaired) electrons. The summed E-state index contributed by atoms with van der Waals surface area (Å²) in [6.45, 7) is 0. The quantitative estimate of drug-likeness (QED) is 0.215. The Morgan fingerprint density at radius 2 is 1.12 bits per heavy atom. The highest BCUT2D eigenvalue weighted by atomic mass is 32.1. The van der Waals surface area contributed by atoms with E-state index in [4.69, 9.17) is 4.42 Å². The van der Waals surface area contributed by atoms with Crippen molar-refractivity contribution >= 4 is 23.6 Å². The fraction of sp³-hybridized carbons (Fsp3) is 0. The van der Waals surface area contributed by atoms with Crippen molar-refractivity contribution in [2.75, 3.05) is 0 Å². The number of rotatable bonds is 1. The van der Waals surface area contributed by atoms with E-state index in [1.165, 1.54) is 35.4 Å². The fourth-order valence-corrected chi connectivity index (χ4v) is 2.96. The largest absolute Gasteiger partial charge is 0.423 e. The van der Waals surface area contributed by atoms with Gasteiger partial charge in [0, 0.05) is 22.4 Å². The van der Waals surface area contributed by atoms with Crippen molar-refractivity contribution in [1.29, 1.82) is 0 Å². The molecule has 5 aromatic rings. The molecule has 1 aromatic heterocycles. The average Bonchev–Trinajstić information content (AvgIpc) is 2.81. The first-order valence-corrected chi connectivity index (χ1v) is 10.2. The highest BCUT2D eigenvalue weighted by molar-refractivity contribution is 7.80. The Labute approximate surface area is 190 Å². The molecule has 0 saturated carbocycles. The first-order valence-electron chi connectivity index (χ1n) is 9.76. The smallest absolute Gasteiger partial charge is 0.336 e. The number of benzene rings is 4. The lowest BCUT2D eigenvalue weighted by Gasteiger charge is -1.98. The van der Waals surface area contributed by atoms with Crippen LogP contribution in [0.15, 0.2) is 129 Å². The molecule has 1 heterocycles. The zero-order valence-corrected chi connectivity index (χ0v) is 17.9. The minimum absolute atomic E-state index is 0.332. The average molecular weight is 447 g/mol. The van der Waals surface area contributed by atoms with Gasteiger partial charge in [0.2, 0.25) is 0 Å². The zero-order valence-electron chi connectivity index (χ0n) is 17.0. The molecular weight excluding hydrogens is 426 g/mol. The molecule has 5 heteroatoms. The van der Waals surface area contributed by atoms with Crippen molar-refractivity contribution in [3.05, 3.63) is 137 Å². The standard InChI is InChI=1S/C12H10.C9H6O2S.C6H4F2/c1-3-7-11(8-4-1)12-9-5-2-6-10-12;10-9-4-2-6-1-3-7(12)5-8(6)11-9;7-5-2-1-3-6(8)4-5/h1-10H;1-5,12H;1-4H. The normalized spacial score (nSPS) is 9.84. The molecule has 0 fully saturated rings. The van der Waals surface area contributed by atoms with Crippen LogP contribution in [0, 0.1) is 11.6 Å². The molecule has 0 aliphatic rings. The van der Waals surface area contributed by atoms with Crippen LogP contribution in [-0.2, 0) is 0 Å². The van der Waals surface area contributed by atoms with Crippen LogP contribution in [0.1, 0.15) is 0 Å². The lowest BCUT2D eigenvalue weighted by molar-refractivity contribution is 0.560. The van der Waals surface area contributed by atoms with Gasteiger partial charge < -0.3 is 4.42 Å². The van der Waals surface area contributed by atoms with Crippen LogP contribution in [-0.4, -0.2) is 0 Å². The molecule has 5 rings (SSSR count). The number of fused-ring (bicyclic) bond motifs is 1. The second-order valence-corrected chi connectivity index (χ2v) is 7.16. The van der Waals surface area contributed by atoms with Gasteiger partial charge in [-0.25, -0.2) is 13.6 Å². The van der Waals surface area contributed by atoms with Gasteiger partial charge in [0.1, 0.15) is 17.2 Å². The molecule has 0 aliphatic heterocycles. The van der Waals surface area contributed by atoms with E-state index in [1.54, 1.807) is 12.1 Å². The van der Waals surface area contributed by atoms with Gasteiger partial charge in [-0.1, -0.05) is 72.8 Å². The highest BCUT2D eigenvalue weighted by Gasteiger charge is 1.96. The third kappa shape index (κ3) is 7.22. The zero-order chi connectivity index (χ0) is 22.8. The van der Waals surface area contributed by atoms with Gasteiger partial charge in [0.25, 0.3) is 0 Å². The molecule has 0 atom stereocenters. The van der Waals surface area contributed by atoms with Crippen molar-refractivity contribution < 1.29 is 13.2 Å². The SMILES string of the molecule is Fc1cccc(F)c1.O=c1ccc2ccc(S)cc2o1.c1ccc(-c2ccccc2)cc1. The van der Waals surface area contributed by atoms with Crippen LogP contribution in [0.25, 0.3) is 22.1 Å². The Morgan fingerprint density at radius 3 is 1.62 bits per heavy atom. The number of thiol groups is 1.